The summed E-state index contributed by atoms with van der Waals surface area (Å²) in [7, 11) is 0. The Kier molecular flexibility index (Phi) is 3.13. The SMILES string of the molecule is CC(=O)N[C@@H]1[C@@H](O)[C@H](O)[C@@H]([C@@H]2CO2)O[C@H]1N. The van der Waals surface area contributed by atoms with Crippen molar-refractivity contribution in [2.24, 2.45) is 5.73 Å². The second-order valence-corrected chi connectivity index (χ2v) is 4.14. The molecule has 16 heavy (non-hydrogen) atoms. The van der Waals surface area contributed by atoms with Gasteiger partial charge >= 0.3 is 0 Å². The number of hydrogen-bond acceptors (Lipinski definition) is 6. The number of rotatable bonds is 2. The van der Waals surface area contributed by atoms with E-state index in [9.17, 15) is 15.0 Å². The van der Waals surface area contributed by atoms with Gasteiger partial charge in [-0.1, -0.05) is 0 Å². The van der Waals surface area contributed by atoms with Crippen LogP contribution >= 0.6 is 0 Å². The van der Waals surface area contributed by atoms with Gasteiger partial charge in [-0.2, -0.15) is 0 Å². The minimum Gasteiger partial charge on any atom is -0.388 e. The lowest BCUT2D eigenvalue weighted by Gasteiger charge is -2.41. The second-order valence-electron chi connectivity index (χ2n) is 4.14. The molecule has 0 unspecified atom stereocenters. The van der Waals surface area contributed by atoms with E-state index in [1.807, 2.05) is 0 Å². The highest BCUT2D eigenvalue weighted by molar-refractivity contribution is 5.73. The Morgan fingerprint density at radius 3 is 2.56 bits per heavy atom. The van der Waals surface area contributed by atoms with Crippen LogP contribution in [0.3, 0.4) is 0 Å². The quantitative estimate of drug-likeness (QED) is 0.385. The summed E-state index contributed by atoms with van der Waals surface area (Å²) in [6.45, 7) is 1.80. The smallest absolute Gasteiger partial charge is 0.217 e. The summed E-state index contributed by atoms with van der Waals surface area (Å²) in [5.74, 6) is -0.337. The van der Waals surface area contributed by atoms with Gasteiger partial charge in [0.05, 0.1) is 12.6 Å². The van der Waals surface area contributed by atoms with E-state index in [0.29, 0.717) is 6.61 Å². The number of amides is 1. The molecule has 0 bridgehead atoms. The van der Waals surface area contributed by atoms with E-state index in [2.05, 4.69) is 5.32 Å². The first-order valence-corrected chi connectivity index (χ1v) is 5.16. The third-order valence-electron chi connectivity index (χ3n) is 2.82. The molecule has 0 saturated carbocycles. The van der Waals surface area contributed by atoms with E-state index in [1.165, 1.54) is 6.92 Å². The zero-order valence-electron chi connectivity index (χ0n) is 8.87. The predicted octanol–water partition coefficient (Wildman–Crippen LogP) is -2.70. The summed E-state index contributed by atoms with van der Waals surface area (Å²) in [6.07, 6.45) is -3.95. The first-order chi connectivity index (χ1) is 7.50. The molecule has 7 nitrogen and oxygen atoms in total. The second kappa shape index (κ2) is 4.27. The monoisotopic (exact) mass is 232 g/mol. The maximum Gasteiger partial charge on any atom is 0.217 e. The molecule has 2 heterocycles. The van der Waals surface area contributed by atoms with Crippen LogP contribution in [0, 0.1) is 0 Å². The van der Waals surface area contributed by atoms with Crippen LogP contribution in [0.2, 0.25) is 0 Å². The predicted molar refractivity (Wildman–Crippen MR) is 52.2 cm³/mol. The fourth-order valence-electron chi connectivity index (χ4n) is 1.90. The Morgan fingerprint density at radius 2 is 2.06 bits per heavy atom. The van der Waals surface area contributed by atoms with Gasteiger partial charge in [-0.3, -0.25) is 4.79 Å². The van der Waals surface area contributed by atoms with Crippen molar-refractivity contribution in [2.45, 2.75) is 43.6 Å². The topological polar surface area (TPSA) is 117 Å². The van der Waals surface area contributed by atoms with Crippen molar-refractivity contribution >= 4 is 5.91 Å². The molecule has 2 fully saturated rings. The number of nitrogens with two attached hydrogens (primary N) is 1. The highest BCUT2D eigenvalue weighted by Gasteiger charge is 2.50. The Morgan fingerprint density at radius 1 is 1.44 bits per heavy atom. The fourth-order valence-corrected chi connectivity index (χ4v) is 1.90. The van der Waals surface area contributed by atoms with E-state index < -0.39 is 30.6 Å². The summed E-state index contributed by atoms with van der Waals surface area (Å²) in [5.41, 5.74) is 5.67. The summed E-state index contributed by atoms with van der Waals surface area (Å²) < 4.78 is 10.3. The average Bonchev–Trinajstić information content (AvgIpc) is 3.01. The van der Waals surface area contributed by atoms with Crippen LogP contribution in [0.15, 0.2) is 0 Å². The zero-order valence-corrected chi connectivity index (χ0v) is 8.87. The van der Waals surface area contributed by atoms with Crippen LogP contribution in [0.1, 0.15) is 6.92 Å². The van der Waals surface area contributed by atoms with Gasteiger partial charge in [0.15, 0.2) is 0 Å². The molecule has 1 amide bonds. The van der Waals surface area contributed by atoms with Gasteiger partial charge in [0, 0.05) is 6.92 Å². The van der Waals surface area contributed by atoms with Crippen LogP contribution in [0.25, 0.3) is 0 Å². The standard InChI is InChI=1S/C9H16N2O5/c1-3(12)11-5-6(13)7(14)8(4-2-15-4)16-9(5)10/h4-9,13-14H,2,10H2,1H3,(H,11,12)/t4-,5+,6+,7-,8+,9+/m0/s1. The van der Waals surface area contributed by atoms with Crippen LogP contribution in [-0.4, -0.2) is 59.4 Å². The molecule has 2 saturated heterocycles. The Labute approximate surface area is 92.5 Å². The van der Waals surface area contributed by atoms with Gasteiger partial charge in [-0.15, -0.1) is 0 Å². The number of ether oxygens (including phenoxy) is 2. The van der Waals surface area contributed by atoms with E-state index in [-0.39, 0.29) is 12.0 Å². The van der Waals surface area contributed by atoms with Crippen molar-refractivity contribution < 1.29 is 24.5 Å². The van der Waals surface area contributed by atoms with E-state index in [1.54, 1.807) is 0 Å². The third kappa shape index (κ3) is 2.18. The van der Waals surface area contributed by atoms with Crippen molar-refractivity contribution in [3.05, 3.63) is 0 Å². The highest BCUT2D eigenvalue weighted by Crippen LogP contribution is 2.27. The molecule has 0 aromatic rings. The van der Waals surface area contributed by atoms with Crippen molar-refractivity contribution in [1.29, 1.82) is 0 Å². The summed E-state index contributed by atoms with van der Waals surface area (Å²) in [4.78, 5) is 10.9. The van der Waals surface area contributed by atoms with Crippen LogP contribution in [-0.2, 0) is 14.3 Å². The number of aliphatic hydroxyl groups is 2. The van der Waals surface area contributed by atoms with Gasteiger partial charge in [-0.25, -0.2) is 0 Å². The number of aliphatic hydroxyl groups excluding tert-OH is 2. The third-order valence-corrected chi connectivity index (χ3v) is 2.82. The number of carbonyl (C=O) groups excluding carboxylic acids is 1. The van der Waals surface area contributed by atoms with Crippen molar-refractivity contribution in [1.82, 2.24) is 5.32 Å². The van der Waals surface area contributed by atoms with Gasteiger partial charge in [0.1, 0.15) is 30.6 Å². The van der Waals surface area contributed by atoms with E-state index in [0.717, 1.165) is 0 Å². The lowest BCUT2D eigenvalue weighted by Crippen LogP contribution is -2.66. The molecule has 0 spiro atoms. The molecule has 92 valence electrons. The zero-order chi connectivity index (χ0) is 11.9. The van der Waals surface area contributed by atoms with Gasteiger partial charge in [-0.05, 0) is 0 Å². The summed E-state index contributed by atoms with van der Waals surface area (Å²) >= 11 is 0. The largest absolute Gasteiger partial charge is 0.388 e. The lowest BCUT2D eigenvalue weighted by molar-refractivity contribution is -0.189. The van der Waals surface area contributed by atoms with Gasteiger partial charge in [0.25, 0.3) is 0 Å². The Bertz CT molecular complexity index is 283. The van der Waals surface area contributed by atoms with Crippen LogP contribution in [0.5, 0.6) is 0 Å². The summed E-state index contributed by atoms with van der Waals surface area (Å²) in [6, 6.07) is -0.803. The lowest BCUT2D eigenvalue weighted by atomic mass is 9.94. The first kappa shape index (κ1) is 11.7. The average molecular weight is 232 g/mol. The van der Waals surface area contributed by atoms with E-state index in [4.69, 9.17) is 15.2 Å². The molecule has 2 aliphatic rings. The number of epoxide rings is 1. The molecular formula is C9H16N2O5. The molecule has 0 aromatic heterocycles. The first-order valence-electron chi connectivity index (χ1n) is 5.16. The molecule has 5 N–H and O–H groups in total. The molecule has 0 aromatic carbocycles. The van der Waals surface area contributed by atoms with Crippen molar-refractivity contribution in [2.75, 3.05) is 6.61 Å². The number of nitrogens with one attached hydrogen (secondary N) is 1. The Balaban J connectivity index is 2.04. The molecule has 2 rings (SSSR count). The molecule has 6 atom stereocenters. The fraction of sp³-hybridized carbons (Fsp3) is 0.889. The molecular weight excluding hydrogens is 216 g/mol. The van der Waals surface area contributed by atoms with Crippen LogP contribution < -0.4 is 11.1 Å². The maximum atomic E-state index is 10.9. The molecule has 0 aliphatic carbocycles. The van der Waals surface area contributed by atoms with E-state index >= 15 is 0 Å². The molecule has 2 aliphatic heterocycles. The normalized spacial score (nSPS) is 47.5. The maximum absolute atomic E-state index is 10.9. The minimum absolute atomic E-state index is 0.214. The molecule has 0 radical (unpaired) electrons. The van der Waals surface area contributed by atoms with Crippen molar-refractivity contribution in [3.8, 4) is 0 Å². The molecule has 7 heteroatoms. The van der Waals surface area contributed by atoms with Gasteiger partial charge in [0.2, 0.25) is 5.91 Å². The van der Waals surface area contributed by atoms with Crippen LogP contribution in [0.4, 0.5) is 0 Å². The number of carbonyl (C=O) groups is 1. The highest BCUT2D eigenvalue weighted by atomic mass is 16.6. The van der Waals surface area contributed by atoms with Gasteiger partial charge < -0.3 is 30.7 Å². The minimum atomic E-state index is -1.15. The summed E-state index contributed by atoms with van der Waals surface area (Å²) in [5, 5.41) is 22.1. The number of hydrogen-bond donors (Lipinski definition) is 4. The van der Waals surface area contributed by atoms with Crippen molar-refractivity contribution in [3.63, 3.8) is 0 Å². The Hall–Kier alpha value is -0.730.